The fourth-order valence-electron chi connectivity index (χ4n) is 3.40. The molecule has 1 aliphatic carbocycles. The highest BCUT2D eigenvalue weighted by Gasteiger charge is 2.23. The second kappa shape index (κ2) is 5.81. The summed E-state index contributed by atoms with van der Waals surface area (Å²) in [6, 6.07) is 3.36. The van der Waals surface area contributed by atoms with Gasteiger partial charge in [0.25, 0.3) is 0 Å². The van der Waals surface area contributed by atoms with Crippen LogP contribution in [0.4, 0.5) is 10.2 Å². The Hall–Kier alpha value is -2.57. The Morgan fingerprint density at radius 2 is 1.96 bits per heavy atom. The Bertz CT molecular complexity index is 882. The van der Waals surface area contributed by atoms with Crippen LogP contribution in [-0.2, 0) is 0 Å². The predicted molar refractivity (Wildman–Crippen MR) is 89.6 cm³/mol. The Morgan fingerprint density at radius 1 is 1.17 bits per heavy atom. The van der Waals surface area contributed by atoms with Crippen LogP contribution in [0.3, 0.4) is 0 Å². The number of hydrogen-bond donors (Lipinski definition) is 1. The molecule has 4 rings (SSSR count). The number of hydrogen-bond acceptors (Lipinski definition) is 5. The van der Waals surface area contributed by atoms with Gasteiger partial charge in [-0.25, -0.2) is 19.9 Å². The van der Waals surface area contributed by atoms with Gasteiger partial charge in [0, 0.05) is 23.9 Å². The van der Waals surface area contributed by atoms with Crippen LogP contribution in [0, 0.1) is 11.9 Å². The SMILES string of the molecule is CC1CCC(n2cnc3c(N)nc(-c4ccnc(F)c4)nc32)CC1. The summed E-state index contributed by atoms with van der Waals surface area (Å²) < 4.78 is 15.5. The van der Waals surface area contributed by atoms with Gasteiger partial charge < -0.3 is 10.3 Å². The number of nitrogens with zero attached hydrogens (tertiary/aromatic N) is 5. The molecular weight excluding hydrogens is 307 g/mol. The Kier molecular flexibility index (Phi) is 3.63. The molecule has 0 atom stereocenters. The monoisotopic (exact) mass is 326 g/mol. The number of fused-ring (bicyclic) bond motifs is 1. The molecule has 0 radical (unpaired) electrons. The smallest absolute Gasteiger partial charge is 0.213 e. The number of aromatic nitrogens is 5. The first-order valence-corrected chi connectivity index (χ1v) is 8.24. The van der Waals surface area contributed by atoms with E-state index in [0.717, 1.165) is 18.8 Å². The van der Waals surface area contributed by atoms with E-state index in [9.17, 15) is 4.39 Å². The zero-order valence-corrected chi connectivity index (χ0v) is 13.5. The first-order chi connectivity index (χ1) is 11.6. The molecule has 7 heteroatoms. The molecule has 1 aliphatic rings. The lowest BCUT2D eigenvalue weighted by atomic mass is 9.87. The maximum atomic E-state index is 13.4. The molecular formula is C17H19FN6. The summed E-state index contributed by atoms with van der Waals surface area (Å²) in [6.07, 6.45) is 7.81. The van der Waals surface area contributed by atoms with E-state index < -0.39 is 5.95 Å². The lowest BCUT2D eigenvalue weighted by molar-refractivity contribution is 0.293. The Balaban J connectivity index is 1.80. The third-order valence-electron chi connectivity index (χ3n) is 4.81. The average molecular weight is 326 g/mol. The van der Waals surface area contributed by atoms with Gasteiger partial charge >= 0.3 is 0 Å². The maximum absolute atomic E-state index is 13.4. The summed E-state index contributed by atoms with van der Waals surface area (Å²) in [5.74, 6) is 0.915. The van der Waals surface area contributed by atoms with Crippen molar-refractivity contribution >= 4 is 17.0 Å². The summed E-state index contributed by atoms with van der Waals surface area (Å²) in [5.41, 5.74) is 7.94. The second-order valence-electron chi connectivity index (χ2n) is 6.54. The van der Waals surface area contributed by atoms with Crippen LogP contribution < -0.4 is 5.73 Å². The standard InChI is InChI=1S/C17H19FN6/c1-10-2-4-12(5-3-10)24-9-21-14-15(19)22-16(23-17(14)24)11-6-7-20-13(18)8-11/h6-10,12H,2-5H2,1H3,(H2,19,22,23). The van der Waals surface area contributed by atoms with Gasteiger partial charge in [-0.1, -0.05) is 6.92 Å². The van der Waals surface area contributed by atoms with E-state index in [1.54, 1.807) is 12.4 Å². The first kappa shape index (κ1) is 15.0. The number of pyridine rings is 1. The molecule has 0 spiro atoms. The average Bonchev–Trinajstić information content (AvgIpc) is 3.00. The van der Waals surface area contributed by atoms with Gasteiger partial charge in [-0.05, 0) is 37.7 Å². The molecule has 3 aromatic heterocycles. The van der Waals surface area contributed by atoms with Gasteiger partial charge in [0.05, 0.1) is 6.33 Å². The van der Waals surface area contributed by atoms with E-state index in [1.807, 2.05) is 0 Å². The summed E-state index contributed by atoms with van der Waals surface area (Å²) >= 11 is 0. The molecule has 124 valence electrons. The topological polar surface area (TPSA) is 82.5 Å². The van der Waals surface area contributed by atoms with Crippen LogP contribution in [0.15, 0.2) is 24.7 Å². The molecule has 3 aromatic rings. The highest BCUT2D eigenvalue weighted by molar-refractivity contribution is 5.83. The van der Waals surface area contributed by atoms with Crippen molar-refractivity contribution < 1.29 is 4.39 Å². The molecule has 0 aliphatic heterocycles. The van der Waals surface area contributed by atoms with E-state index >= 15 is 0 Å². The molecule has 6 nitrogen and oxygen atoms in total. The molecule has 0 aromatic carbocycles. The van der Waals surface area contributed by atoms with Crippen LogP contribution in [0.5, 0.6) is 0 Å². The molecule has 2 N–H and O–H groups in total. The van der Waals surface area contributed by atoms with Crippen LogP contribution in [-0.4, -0.2) is 24.5 Å². The minimum Gasteiger partial charge on any atom is -0.382 e. The largest absolute Gasteiger partial charge is 0.382 e. The summed E-state index contributed by atoms with van der Waals surface area (Å²) in [4.78, 5) is 16.9. The number of rotatable bonds is 2. The van der Waals surface area contributed by atoms with Gasteiger partial charge in [-0.3, -0.25) is 0 Å². The maximum Gasteiger partial charge on any atom is 0.213 e. The second-order valence-corrected chi connectivity index (χ2v) is 6.54. The Morgan fingerprint density at radius 3 is 2.71 bits per heavy atom. The normalized spacial score (nSPS) is 21.2. The van der Waals surface area contributed by atoms with Crippen LogP contribution >= 0.6 is 0 Å². The van der Waals surface area contributed by atoms with Crippen LogP contribution in [0.2, 0.25) is 0 Å². The fourth-order valence-corrected chi connectivity index (χ4v) is 3.40. The van der Waals surface area contributed by atoms with Crippen molar-refractivity contribution in [2.24, 2.45) is 5.92 Å². The van der Waals surface area contributed by atoms with Crippen molar-refractivity contribution in [3.63, 3.8) is 0 Å². The number of nitrogen functional groups attached to an aromatic ring is 1. The highest BCUT2D eigenvalue weighted by atomic mass is 19.1. The van der Waals surface area contributed by atoms with Crippen LogP contribution in [0.1, 0.15) is 38.6 Å². The number of imidazole rings is 1. The third kappa shape index (κ3) is 2.60. The van der Waals surface area contributed by atoms with E-state index in [2.05, 4.69) is 31.4 Å². The highest BCUT2D eigenvalue weighted by Crippen LogP contribution is 2.34. The number of anilines is 1. The molecule has 0 saturated heterocycles. The first-order valence-electron chi connectivity index (χ1n) is 8.24. The third-order valence-corrected chi connectivity index (χ3v) is 4.81. The lowest BCUT2D eigenvalue weighted by Crippen LogP contribution is -2.16. The molecule has 0 unspecified atom stereocenters. The van der Waals surface area contributed by atoms with Gasteiger partial charge in [0.15, 0.2) is 17.3 Å². The van der Waals surface area contributed by atoms with Gasteiger partial charge in [0.2, 0.25) is 5.95 Å². The van der Waals surface area contributed by atoms with E-state index in [4.69, 9.17) is 5.73 Å². The van der Waals surface area contributed by atoms with E-state index in [1.165, 1.54) is 25.1 Å². The minimum atomic E-state index is -0.565. The Labute approximate surface area is 139 Å². The number of nitrogens with two attached hydrogens (primary N) is 1. The summed E-state index contributed by atoms with van der Waals surface area (Å²) in [5, 5.41) is 0. The quantitative estimate of drug-likeness (QED) is 0.730. The van der Waals surface area contributed by atoms with Crippen molar-refractivity contribution in [1.29, 1.82) is 0 Å². The van der Waals surface area contributed by atoms with Crippen molar-refractivity contribution in [3.8, 4) is 11.4 Å². The number of halogens is 1. The van der Waals surface area contributed by atoms with Crippen molar-refractivity contribution in [2.75, 3.05) is 5.73 Å². The van der Waals surface area contributed by atoms with Crippen molar-refractivity contribution in [1.82, 2.24) is 24.5 Å². The molecule has 1 saturated carbocycles. The van der Waals surface area contributed by atoms with Gasteiger partial charge in [-0.15, -0.1) is 0 Å². The summed E-state index contributed by atoms with van der Waals surface area (Å²) in [6.45, 7) is 2.29. The molecule has 1 fully saturated rings. The van der Waals surface area contributed by atoms with Gasteiger partial charge in [-0.2, -0.15) is 4.39 Å². The minimum absolute atomic E-state index is 0.315. The van der Waals surface area contributed by atoms with Crippen molar-refractivity contribution in [2.45, 2.75) is 38.6 Å². The molecule has 3 heterocycles. The zero-order valence-electron chi connectivity index (χ0n) is 13.5. The molecule has 24 heavy (non-hydrogen) atoms. The predicted octanol–water partition coefficient (Wildman–Crippen LogP) is 3.36. The van der Waals surface area contributed by atoms with Crippen LogP contribution in [0.25, 0.3) is 22.6 Å². The van der Waals surface area contributed by atoms with Crippen molar-refractivity contribution in [3.05, 3.63) is 30.6 Å². The summed E-state index contributed by atoms with van der Waals surface area (Å²) in [7, 11) is 0. The van der Waals surface area contributed by atoms with Gasteiger partial charge in [0.1, 0.15) is 5.52 Å². The zero-order chi connectivity index (χ0) is 16.7. The fraction of sp³-hybridized carbons (Fsp3) is 0.412. The molecule has 0 amide bonds. The van der Waals surface area contributed by atoms with E-state index in [0.29, 0.717) is 34.4 Å². The van der Waals surface area contributed by atoms with E-state index in [-0.39, 0.29) is 0 Å². The molecule has 0 bridgehead atoms. The lowest BCUT2D eigenvalue weighted by Gasteiger charge is -2.27.